The van der Waals surface area contributed by atoms with Gasteiger partial charge in [0.2, 0.25) is 0 Å². The monoisotopic (exact) mass is 381 g/mol. The normalized spacial score (nSPS) is 16.5. The standard InChI is InChI=1S/C22H24FN3O2/c23-16-6-4-15(5-7-16)21(27)25-18-10-11-20(26-12-2-1-3-13-26)19(14-18)22(28)24-17-8-9-17/h4-7,10-11,14,17H,1-3,8-9,12-13H2,(H,24,28)(H,25,27). The number of nitrogens with zero attached hydrogens (tertiary/aromatic N) is 1. The van der Waals surface area contributed by atoms with Crippen LogP contribution in [-0.4, -0.2) is 30.9 Å². The van der Waals surface area contributed by atoms with E-state index in [9.17, 15) is 14.0 Å². The van der Waals surface area contributed by atoms with Crippen LogP contribution >= 0.6 is 0 Å². The number of hydrogen-bond acceptors (Lipinski definition) is 3. The maximum Gasteiger partial charge on any atom is 0.255 e. The highest BCUT2D eigenvalue weighted by molar-refractivity contribution is 6.06. The third kappa shape index (κ3) is 4.32. The Morgan fingerprint density at radius 3 is 2.32 bits per heavy atom. The molecule has 2 aromatic rings. The van der Waals surface area contributed by atoms with E-state index in [0.29, 0.717) is 16.8 Å². The molecule has 1 saturated carbocycles. The molecule has 0 spiro atoms. The van der Waals surface area contributed by atoms with Gasteiger partial charge in [-0.1, -0.05) is 0 Å². The molecule has 0 radical (unpaired) electrons. The zero-order chi connectivity index (χ0) is 19.5. The molecule has 2 aromatic carbocycles. The summed E-state index contributed by atoms with van der Waals surface area (Å²) in [5.41, 5.74) is 2.42. The summed E-state index contributed by atoms with van der Waals surface area (Å²) in [6.07, 6.45) is 5.49. The van der Waals surface area contributed by atoms with Gasteiger partial charge >= 0.3 is 0 Å². The molecule has 5 nitrogen and oxygen atoms in total. The van der Waals surface area contributed by atoms with Gasteiger partial charge in [-0.15, -0.1) is 0 Å². The predicted octanol–water partition coefficient (Wildman–Crippen LogP) is 3.96. The lowest BCUT2D eigenvalue weighted by molar-refractivity contribution is 0.0950. The van der Waals surface area contributed by atoms with Crippen LogP contribution in [0.1, 0.15) is 52.8 Å². The summed E-state index contributed by atoms with van der Waals surface area (Å²) in [7, 11) is 0. The number of amides is 2. The maximum absolute atomic E-state index is 13.1. The van der Waals surface area contributed by atoms with Crippen molar-refractivity contribution in [1.29, 1.82) is 0 Å². The van der Waals surface area contributed by atoms with E-state index in [1.807, 2.05) is 12.1 Å². The Balaban J connectivity index is 1.58. The van der Waals surface area contributed by atoms with E-state index in [2.05, 4.69) is 15.5 Å². The maximum atomic E-state index is 13.1. The van der Waals surface area contributed by atoms with Crippen LogP contribution in [0.25, 0.3) is 0 Å². The van der Waals surface area contributed by atoms with Gasteiger partial charge in [0.15, 0.2) is 0 Å². The Morgan fingerprint density at radius 1 is 0.929 bits per heavy atom. The van der Waals surface area contributed by atoms with E-state index in [1.54, 1.807) is 6.07 Å². The molecule has 0 unspecified atom stereocenters. The summed E-state index contributed by atoms with van der Waals surface area (Å²) in [5.74, 6) is -0.818. The molecule has 0 aromatic heterocycles. The quantitative estimate of drug-likeness (QED) is 0.824. The van der Waals surface area contributed by atoms with E-state index in [1.165, 1.54) is 30.7 Å². The van der Waals surface area contributed by atoms with Crippen molar-refractivity contribution in [3.05, 3.63) is 59.4 Å². The molecule has 4 rings (SSSR count). The number of benzene rings is 2. The molecule has 1 saturated heterocycles. The summed E-state index contributed by atoms with van der Waals surface area (Å²) in [4.78, 5) is 27.5. The highest BCUT2D eigenvalue weighted by atomic mass is 19.1. The topological polar surface area (TPSA) is 61.4 Å². The SMILES string of the molecule is O=C(Nc1ccc(N2CCCCC2)c(C(=O)NC2CC2)c1)c1ccc(F)cc1. The Kier molecular flexibility index (Phi) is 5.28. The average Bonchev–Trinajstić information content (AvgIpc) is 3.53. The first kappa shape index (κ1) is 18.5. The van der Waals surface area contributed by atoms with Gasteiger partial charge in [-0.3, -0.25) is 9.59 Å². The first-order valence-electron chi connectivity index (χ1n) is 9.87. The molecule has 0 atom stereocenters. The summed E-state index contributed by atoms with van der Waals surface area (Å²) in [6.45, 7) is 1.87. The van der Waals surface area contributed by atoms with Gasteiger partial charge < -0.3 is 15.5 Å². The number of carbonyl (C=O) groups is 2. The van der Waals surface area contributed by atoms with Gasteiger partial charge in [-0.2, -0.15) is 0 Å². The van der Waals surface area contributed by atoms with Gasteiger partial charge in [-0.05, 0) is 74.6 Å². The lowest BCUT2D eigenvalue weighted by Crippen LogP contribution is -2.33. The summed E-state index contributed by atoms with van der Waals surface area (Å²) >= 11 is 0. The third-order valence-electron chi connectivity index (χ3n) is 5.21. The van der Waals surface area contributed by atoms with Gasteiger partial charge in [0.1, 0.15) is 5.82 Å². The lowest BCUT2D eigenvalue weighted by atomic mass is 10.1. The van der Waals surface area contributed by atoms with Crippen LogP contribution in [0, 0.1) is 5.82 Å². The molecule has 2 amide bonds. The lowest BCUT2D eigenvalue weighted by Gasteiger charge is -2.30. The second-order valence-corrected chi connectivity index (χ2v) is 7.49. The Labute approximate surface area is 163 Å². The average molecular weight is 381 g/mol. The number of piperidine rings is 1. The van der Waals surface area contributed by atoms with Crippen molar-refractivity contribution in [2.45, 2.75) is 38.1 Å². The minimum absolute atomic E-state index is 0.0963. The Hall–Kier alpha value is -2.89. The number of halogens is 1. The molecule has 146 valence electrons. The van der Waals surface area contributed by atoms with Crippen molar-refractivity contribution in [2.24, 2.45) is 0 Å². The van der Waals surface area contributed by atoms with Crippen LogP contribution < -0.4 is 15.5 Å². The van der Waals surface area contributed by atoms with E-state index >= 15 is 0 Å². The van der Waals surface area contributed by atoms with Crippen molar-refractivity contribution in [3.8, 4) is 0 Å². The first-order valence-corrected chi connectivity index (χ1v) is 9.87. The Morgan fingerprint density at radius 2 is 1.64 bits per heavy atom. The molecular formula is C22H24FN3O2. The number of rotatable bonds is 5. The molecule has 6 heteroatoms. The molecule has 28 heavy (non-hydrogen) atoms. The minimum Gasteiger partial charge on any atom is -0.371 e. The highest BCUT2D eigenvalue weighted by Crippen LogP contribution is 2.29. The van der Waals surface area contributed by atoms with E-state index < -0.39 is 0 Å². The van der Waals surface area contributed by atoms with Gasteiger partial charge in [-0.25, -0.2) is 4.39 Å². The predicted molar refractivity (Wildman–Crippen MR) is 107 cm³/mol. The van der Waals surface area contributed by atoms with E-state index in [4.69, 9.17) is 0 Å². The summed E-state index contributed by atoms with van der Waals surface area (Å²) in [6, 6.07) is 11.1. The summed E-state index contributed by atoms with van der Waals surface area (Å²) < 4.78 is 13.1. The van der Waals surface area contributed by atoms with E-state index in [-0.39, 0.29) is 23.7 Å². The van der Waals surface area contributed by atoms with Crippen molar-refractivity contribution in [2.75, 3.05) is 23.3 Å². The fraction of sp³-hybridized carbons (Fsp3) is 0.364. The molecule has 1 aliphatic heterocycles. The van der Waals surface area contributed by atoms with E-state index in [0.717, 1.165) is 44.5 Å². The van der Waals surface area contributed by atoms with Crippen LogP contribution in [-0.2, 0) is 0 Å². The zero-order valence-electron chi connectivity index (χ0n) is 15.7. The van der Waals surface area contributed by atoms with Crippen LogP contribution in [0.2, 0.25) is 0 Å². The van der Waals surface area contributed by atoms with Crippen molar-refractivity contribution < 1.29 is 14.0 Å². The minimum atomic E-state index is -0.388. The second-order valence-electron chi connectivity index (χ2n) is 7.49. The number of carbonyl (C=O) groups excluding carboxylic acids is 2. The zero-order valence-corrected chi connectivity index (χ0v) is 15.7. The largest absolute Gasteiger partial charge is 0.371 e. The summed E-state index contributed by atoms with van der Waals surface area (Å²) in [5, 5.41) is 5.86. The van der Waals surface area contributed by atoms with Gasteiger partial charge in [0, 0.05) is 36.1 Å². The van der Waals surface area contributed by atoms with Crippen molar-refractivity contribution in [1.82, 2.24) is 5.32 Å². The number of hydrogen-bond donors (Lipinski definition) is 2. The molecule has 2 fully saturated rings. The molecule has 1 heterocycles. The smallest absolute Gasteiger partial charge is 0.255 e. The van der Waals surface area contributed by atoms with Crippen LogP contribution in [0.15, 0.2) is 42.5 Å². The molecular weight excluding hydrogens is 357 g/mol. The fourth-order valence-corrected chi connectivity index (χ4v) is 3.50. The van der Waals surface area contributed by atoms with Crippen molar-refractivity contribution in [3.63, 3.8) is 0 Å². The molecule has 1 aliphatic carbocycles. The highest BCUT2D eigenvalue weighted by Gasteiger charge is 2.26. The second kappa shape index (κ2) is 8.00. The number of anilines is 2. The van der Waals surface area contributed by atoms with Crippen LogP contribution in [0.3, 0.4) is 0 Å². The third-order valence-corrected chi connectivity index (χ3v) is 5.21. The fourth-order valence-electron chi connectivity index (χ4n) is 3.50. The molecule has 0 bridgehead atoms. The number of nitrogens with one attached hydrogen (secondary N) is 2. The molecule has 2 aliphatic rings. The Bertz CT molecular complexity index is 872. The van der Waals surface area contributed by atoms with Gasteiger partial charge in [0.25, 0.3) is 11.8 Å². The molecule has 2 N–H and O–H groups in total. The first-order chi connectivity index (χ1) is 13.6. The van der Waals surface area contributed by atoms with Crippen molar-refractivity contribution >= 4 is 23.2 Å². The van der Waals surface area contributed by atoms with Crippen LogP contribution in [0.4, 0.5) is 15.8 Å². The van der Waals surface area contributed by atoms with Gasteiger partial charge in [0.05, 0.1) is 5.56 Å². The van der Waals surface area contributed by atoms with Crippen LogP contribution in [0.5, 0.6) is 0 Å².